The first-order valence-corrected chi connectivity index (χ1v) is 11.2. The third-order valence-corrected chi connectivity index (χ3v) is 7.45. The molecule has 2 aromatic rings. The second-order valence-corrected chi connectivity index (χ2v) is 9.42. The van der Waals surface area contributed by atoms with Gasteiger partial charge in [-0.15, -0.1) is 11.3 Å². The van der Waals surface area contributed by atoms with Gasteiger partial charge in [0.05, 0.1) is 11.4 Å². The van der Waals surface area contributed by atoms with Crippen LogP contribution in [0.2, 0.25) is 0 Å². The SMILES string of the molecule is Cc1nc(-c2ccccc2)sc1C(=O)NCCS(=O)(=O)N1CCCCC1. The van der Waals surface area contributed by atoms with Gasteiger partial charge in [0.1, 0.15) is 9.88 Å². The number of aromatic nitrogens is 1. The first kappa shape index (κ1) is 19.0. The molecule has 3 rings (SSSR count). The summed E-state index contributed by atoms with van der Waals surface area (Å²) in [5.41, 5.74) is 1.62. The molecule has 1 aromatic heterocycles. The quantitative estimate of drug-likeness (QED) is 0.818. The monoisotopic (exact) mass is 393 g/mol. The maximum atomic E-state index is 12.4. The Morgan fingerprint density at radius 1 is 1.19 bits per heavy atom. The highest BCUT2D eigenvalue weighted by atomic mass is 32.2. The van der Waals surface area contributed by atoms with Gasteiger partial charge in [-0.3, -0.25) is 4.79 Å². The summed E-state index contributed by atoms with van der Waals surface area (Å²) >= 11 is 1.32. The fraction of sp³-hybridized carbons (Fsp3) is 0.444. The molecule has 1 saturated heterocycles. The van der Waals surface area contributed by atoms with Crippen LogP contribution < -0.4 is 5.32 Å². The molecule has 140 valence electrons. The van der Waals surface area contributed by atoms with Crippen molar-refractivity contribution in [2.45, 2.75) is 26.2 Å². The molecule has 6 nitrogen and oxygen atoms in total. The molecule has 0 unspecified atom stereocenters. The van der Waals surface area contributed by atoms with E-state index in [2.05, 4.69) is 10.3 Å². The van der Waals surface area contributed by atoms with Crippen LogP contribution in [0.25, 0.3) is 10.6 Å². The average Bonchev–Trinajstić information content (AvgIpc) is 3.05. The molecular formula is C18H23N3O3S2. The van der Waals surface area contributed by atoms with Gasteiger partial charge in [-0.05, 0) is 19.8 Å². The van der Waals surface area contributed by atoms with Gasteiger partial charge in [0, 0.05) is 25.2 Å². The number of hydrogen-bond donors (Lipinski definition) is 1. The Balaban J connectivity index is 1.59. The smallest absolute Gasteiger partial charge is 0.263 e. The number of thiazole rings is 1. The summed E-state index contributed by atoms with van der Waals surface area (Å²) in [5.74, 6) is -0.335. The Morgan fingerprint density at radius 2 is 1.88 bits per heavy atom. The minimum absolute atomic E-state index is 0.0673. The van der Waals surface area contributed by atoms with Gasteiger partial charge < -0.3 is 5.32 Å². The van der Waals surface area contributed by atoms with Gasteiger partial charge in [-0.2, -0.15) is 0 Å². The highest BCUT2D eigenvalue weighted by molar-refractivity contribution is 7.89. The van der Waals surface area contributed by atoms with Gasteiger partial charge in [-0.1, -0.05) is 36.8 Å². The highest BCUT2D eigenvalue weighted by Crippen LogP contribution is 2.27. The van der Waals surface area contributed by atoms with Crippen LogP contribution in [0.1, 0.15) is 34.6 Å². The summed E-state index contributed by atoms with van der Waals surface area (Å²) < 4.78 is 26.2. The molecule has 0 radical (unpaired) electrons. The van der Waals surface area contributed by atoms with E-state index in [1.165, 1.54) is 15.6 Å². The number of sulfonamides is 1. The Kier molecular flexibility index (Phi) is 6.05. The molecule has 0 saturated carbocycles. The van der Waals surface area contributed by atoms with Crippen molar-refractivity contribution in [3.63, 3.8) is 0 Å². The number of amides is 1. The third-order valence-electron chi connectivity index (χ3n) is 4.38. The van der Waals surface area contributed by atoms with Crippen molar-refractivity contribution < 1.29 is 13.2 Å². The van der Waals surface area contributed by atoms with E-state index in [0.717, 1.165) is 29.8 Å². The molecular weight excluding hydrogens is 370 g/mol. The zero-order valence-electron chi connectivity index (χ0n) is 14.8. The number of aryl methyl sites for hydroxylation is 1. The molecule has 8 heteroatoms. The molecule has 1 aliphatic heterocycles. The van der Waals surface area contributed by atoms with Crippen LogP contribution in [0.4, 0.5) is 0 Å². The number of piperidine rings is 1. The minimum atomic E-state index is -3.30. The molecule has 1 fully saturated rings. The maximum absolute atomic E-state index is 12.4. The van der Waals surface area contributed by atoms with E-state index in [1.807, 2.05) is 30.3 Å². The van der Waals surface area contributed by atoms with Gasteiger partial charge in [0.2, 0.25) is 10.0 Å². The lowest BCUT2D eigenvalue weighted by atomic mass is 10.2. The molecule has 1 aliphatic rings. The van der Waals surface area contributed by atoms with Gasteiger partial charge >= 0.3 is 0 Å². The van der Waals surface area contributed by atoms with E-state index in [1.54, 1.807) is 6.92 Å². The second kappa shape index (κ2) is 8.28. The Hall–Kier alpha value is -1.77. The highest BCUT2D eigenvalue weighted by Gasteiger charge is 2.24. The molecule has 0 bridgehead atoms. The van der Waals surface area contributed by atoms with Crippen LogP contribution in [0.5, 0.6) is 0 Å². The molecule has 1 aromatic carbocycles. The van der Waals surface area contributed by atoms with E-state index in [4.69, 9.17) is 0 Å². The number of rotatable bonds is 6. The summed E-state index contributed by atoms with van der Waals surface area (Å²) in [6.45, 7) is 3.08. The number of nitrogens with one attached hydrogen (secondary N) is 1. The fourth-order valence-corrected chi connectivity index (χ4v) is 5.38. The van der Waals surface area contributed by atoms with E-state index in [0.29, 0.717) is 23.7 Å². The Bertz CT molecular complexity index is 857. The molecule has 1 N–H and O–H groups in total. The summed E-state index contributed by atoms with van der Waals surface area (Å²) in [4.78, 5) is 17.4. The Morgan fingerprint density at radius 3 is 2.58 bits per heavy atom. The summed E-state index contributed by atoms with van der Waals surface area (Å²) in [6, 6.07) is 9.69. The van der Waals surface area contributed by atoms with E-state index >= 15 is 0 Å². The zero-order chi connectivity index (χ0) is 18.6. The van der Waals surface area contributed by atoms with Crippen LogP contribution in [0.15, 0.2) is 30.3 Å². The standard InChI is InChI=1S/C18H23N3O3S2/c1-14-16(25-18(20-14)15-8-4-2-5-9-15)17(22)19-10-13-26(23,24)21-11-6-3-7-12-21/h2,4-5,8-9H,3,6-7,10-13H2,1H3,(H,19,22). The van der Waals surface area contributed by atoms with Crippen molar-refractivity contribution in [3.05, 3.63) is 40.9 Å². The van der Waals surface area contributed by atoms with Crippen molar-refractivity contribution >= 4 is 27.3 Å². The van der Waals surface area contributed by atoms with E-state index in [-0.39, 0.29) is 18.2 Å². The van der Waals surface area contributed by atoms with Crippen molar-refractivity contribution in [2.75, 3.05) is 25.4 Å². The Labute approximate surface area is 158 Å². The summed E-state index contributed by atoms with van der Waals surface area (Å²) in [5, 5.41) is 3.51. The molecule has 0 aliphatic carbocycles. The zero-order valence-corrected chi connectivity index (χ0v) is 16.4. The van der Waals surface area contributed by atoms with Crippen molar-refractivity contribution in [1.29, 1.82) is 0 Å². The molecule has 0 spiro atoms. The average molecular weight is 394 g/mol. The second-order valence-electron chi connectivity index (χ2n) is 6.33. The van der Waals surface area contributed by atoms with Gasteiger partial charge in [0.15, 0.2) is 0 Å². The fourth-order valence-electron chi connectivity index (χ4n) is 2.96. The van der Waals surface area contributed by atoms with E-state index in [9.17, 15) is 13.2 Å². The van der Waals surface area contributed by atoms with Crippen LogP contribution in [-0.4, -0.2) is 49.0 Å². The lowest BCUT2D eigenvalue weighted by molar-refractivity contribution is 0.0959. The first-order chi connectivity index (χ1) is 12.5. The van der Waals surface area contributed by atoms with Crippen LogP contribution in [0.3, 0.4) is 0 Å². The van der Waals surface area contributed by atoms with Crippen molar-refractivity contribution in [3.8, 4) is 10.6 Å². The van der Waals surface area contributed by atoms with Crippen molar-refractivity contribution in [1.82, 2.24) is 14.6 Å². The predicted molar refractivity (Wildman–Crippen MR) is 104 cm³/mol. The molecule has 26 heavy (non-hydrogen) atoms. The van der Waals surface area contributed by atoms with Gasteiger partial charge in [-0.25, -0.2) is 17.7 Å². The van der Waals surface area contributed by atoms with Crippen LogP contribution in [-0.2, 0) is 10.0 Å². The topological polar surface area (TPSA) is 79.4 Å². The van der Waals surface area contributed by atoms with E-state index < -0.39 is 10.0 Å². The summed E-state index contributed by atoms with van der Waals surface area (Å²) in [6.07, 6.45) is 2.90. The molecule has 0 atom stereocenters. The lowest BCUT2D eigenvalue weighted by Crippen LogP contribution is -2.40. The van der Waals surface area contributed by atoms with Crippen LogP contribution in [0, 0.1) is 6.92 Å². The maximum Gasteiger partial charge on any atom is 0.263 e. The van der Waals surface area contributed by atoms with Gasteiger partial charge in [0.25, 0.3) is 5.91 Å². The number of hydrogen-bond acceptors (Lipinski definition) is 5. The molecule has 1 amide bonds. The minimum Gasteiger partial charge on any atom is -0.350 e. The number of carbonyl (C=O) groups excluding carboxylic acids is 1. The largest absolute Gasteiger partial charge is 0.350 e. The lowest BCUT2D eigenvalue weighted by Gasteiger charge is -2.25. The number of nitrogens with zero attached hydrogens (tertiary/aromatic N) is 2. The summed E-state index contributed by atoms with van der Waals surface area (Å²) in [7, 11) is -3.30. The molecule has 2 heterocycles. The number of benzene rings is 1. The predicted octanol–water partition coefficient (Wildman–Crippen LogP) is 2.66. The normalized spacial score (nSPS) is 15.7. The van der Waals surface area contributed by atoms with Crippen molar-refractivity contribution in [2.24, 2.45) is 0 Å². The third kappa shape index (κ3) is 4.49. The van der Waals surface area contributed by atoms with Crippen LogP contribution >= 0.6 is 11.3 Å². The first-order valence-electron chi connectivity index (χ1n) is 8.76. The number of carbonyl (C=O) groups is 1.